The van der Waals surface area contributed by atoms with E-state index in [-0.39, 0.29) is 11.9 Å². The first-order valence-electron chi connectivity index (χ1n) is 8.46. The van der Waals surface area contributed by atoms with Crippen molar-refractivity contribution in [2.75, 3.05) is 24.5 Å². The summed E-state index contributed by atoms with van der Waals surface area (Å²) in [4.78, 5) is 32.7. The van der Waals surface area contributed by atoms with Gasteiger partial charge in [0, 0.05) is 25.8 Å². The lowest BCUT2D eigenvalue weighted by molar-refractivity contribution is -0.121. The third-order valence-corrected chi connectivity index (χ3v) is 4.84. The summed E-state index contributed by atoms with van der Waals surface area (Å²) >= 11 is 0. The number of piperidine rings is 1. The van der Waals surface area contributed by atoms with Crippen LogP contribution >= 0.6 is 0 Å². The maximum Gasteiger partial charge on any atom is 0.318 e. The minimum atomic E-state index is -0.433. The minimum absolute atomic E-state index is 0.0381. The second-order valence-corrected chi connectivity index (χ2v) is 6.35. The van der Waals surface area contributed by atoms with E-state index in [4.69, 9.17) is 0 Å². The Morgan fingerprint density at radius 3 is 2.96 bits per heavy atom. The van der Waals surface area contributed by atoms with Crippen molar-refractivity contribution in [3.8, 4) is 0 Å². The molecule has 0 spiro atoms. The Balaban J connectivity index is 1.62. The van der Waals surface area contributed by atoms with Gasteiger partial charge >= 0.3 is 6.03 Å². The molecule has 0 unspecified atom stereocenters. The molecule has 6 nitrogen and oxygen atoms in total. The number of carbonyl (C=O) groups excluding carboxylic acids is 2. The predicted molar refractivity (Wildman–Crippen MR) is 88.1 cm³/mol. The summed E-state index contributed by atoms with van der Waals surface area (Å²) < 4.78 is 0. The van der Waals surface area contributed by atoms with Gasteiger partial charge in [-0.15, -0.1) is 0 Å². The minimum Gasteiger partial charge on any atom is -0.326 e. The molecule has 3 heterocycles. The van der Waals surface area contributed by atoms with Crippen LogP contribution in [0.25, 0.3) is 0 Å². The Hall–Kier alpha value is -2.11. The van der Waals surface area contributed by atoms with Gasteiger partial charge in [0.2, 0.25) is 5.91 Å². The number of likely N-dealkylation sites (tertiary alicyclic amines) is 1. The first-order chi connectivity index (χ1) is 11.2. The fourth-order valence-corrected chi connectivity index (χ4v) is 3.37. The van der Waals surface area contributed by atoms with E-state index in [1.807, 2.05) is 17.0 Å². The van der Waals surface area contributed by atoms with Crippen molar-refractivity contribution in [1.29, 1.82) is 0 Å². The summed E-state index contributed by atoms with van der Waals surface area (Å²) in [6.07, 6.45) is 7.12. The number of pyridine rings is 1. The van der Waals surface area contributed by atoms with Crippen LogP contribution in [-0.4, -0.2) is 47.5 Å². The molecule has 6 heteroatoms. The van der Waals surface area contributed by atoms with Crippen molar-refractivity contribution >= 4 is 17.6 Å². The number of anilines is 1. The predicted octanol–water partition coefficient (Wildman–Crippen LogP) is 2.02. The average molecular weight is 316 g/mol. The summed E-state index contributed by atoms with van der Waals surface area (Å²) in [5.74, 6) is 0.554. The summed E-state index contributed by atoms with van der Waals surface area (Å²) in [6.45, 7) is 4.42. The highest BCUT2D eigenvalue weighted by atomic mass is 16.2. The molecule has 0 aromatic carbocycles. The maximum absolute atomic E-state index is 12.7. The monoisotopic (exact) mass is 316 g/mol. The normalized spacial score (nSPS) is 24.8. The lowest BCUT2D eigenvalue weighted by Crippen LogP contribution is -2.55. The Labute approximate surface area is 136 Å². The number of hydrogen-bond donors (Lipinski definition) is 1. The highest BCUT2D eigenvalue weighted by Crippen LogP contribution is 2.22. The quantitative estimate of drug-likeness (QED) is 0.928. The van der Waals surface area contributed by atoms with Crippen LogP contribution in [0.5, 0.6) is 0 Å². The Morgan fingerprint density at radius 2 is 2.26 bits per heavy atom. The topological polar surface area (TPSA) is 65.5 Å². The Bertz CT molecular complexity index is 563. The molecule has 2 atom stereocenters. The first-order valence-corrected chi connectivity index (χ1v) is 8.46. The van der Waals surface area contributed by atoms with Crippen LogP contribution in [0.1, 0.15) is 32.6 Å². The van der Waals surface area contributed by atoms with Crippen LogP contribution < -0.4 is 10.2 Å². The fraction of sp³-hybridized carbons (Fsp3) is 0.588. The van der Waals surface area contributed by atoms with E-state index in [0.29, 0.717) is 18.9 Å². The average Bonchev–Trinajstić information content (AvgIpc) is 3.07. The molecule has 0 bridgehead atoms. The van der Waals surface area contributed by atoms with Crippen LogP contribution in [0.3, 0.4) is 0 Å². The Morgan fingerprint density at radius 1 is 1.39 bits per heavy atom. The number of nitrogens with one attached hydrogen (secondary N) is 1. The third kappa shape index (κ3) is 3.46. The lowest BCUT2D eigenvalue weighted by atomic mass is 10.0. The molecule has 2 fully saturated rings. The summed E-state index contributed by atoms with van der Waals surface area (Å²) in [7, 11) is 0. The highest BCUT2D eigenvalue weighted by Gasteiger charge is 2.33. The standard InChI is InChI=1S/C17H24N4O2/c1-2-13-7-10-20(12-13)17(23)19-15-6-4-9-21(16(15)22)14-5-3-8-18-11-14/h3,5,8,11,13,15H,2,4,6-7,9-10,12H2,1H3,(H,19,23)/t13-,15-/m1/s1. The molecule has 2 aliphatic heterocycles. The van der Waals surface area contributed by atoms with Crippen molar-refractivity contribution in [2.24, 2.45) is 5.92 Å². The van der Waals surface area contributed by atoms with E-state index in [0.717, 1.165) is 38.0 Å². The van der Waals surface area contributed by atoms with Gasteiger partial charge < -0.3 is 15.1 Å². The van der Waals surface area contributed by atoms with Gasteiger partial charge in [-0.05, 0) is 37.3 Å². The van der Waals surface area contributed by atoms with Crippen molar-refractivity contribution < 1.29 is 9.59 Å². The Kier molecular flexibility index (Phi) is 4.79. The number of urea groups is 1. The van der Waals surface area contributed by atoms with Crippen molar-refractivity contribution in [3.05, 3.63) is 24.5 Å². The smallest absolute Gasteiger partial charge is 0.318 e. The number of amides is 3. The van der Waals surface area contributed by atoms with E-state index in [9.17, 15) is 9.59 Å². The van der Waals surface area contributed by atoms with E-state index < -0.39 is 6.04 Å². The van der Waals surface area contributed by atoms with Crippen molar-refractivity contribution in [2.45, 2.75) is 38.6 Å². The van der Waals surface area contributed by atoms with Gasteiger partial charge in [-0.1, -0.05) is 13.3 Å². The molecule has 0 saturated carbocycles. The summed E-state index contributed by atoms with van der Waals surface area (Å²) in [6, 6.07) is 3.16. The number of hydrogen-bond acceptors (Lipinski definition) is 3. The molecule has 3 rings (SSSR count). The SMILES string of the molecule is CC[C@@H]1CCN(C(=O)N[C@@H]2CCCN(c3cccnc3)C2=O)C1. The maximum atomic E-state index is 12.7. The zero-order chi connectivity index (χ0) is 16.2. The highest BCUT2D eigenvalue weighted by molar-refractivity contribution is 5.99. The van der Waals surface area contributed by atoms with E-state index in [1.54, 1.807) is 17.3 Å². The van der Waals surface area contributed by atoms with Crippen molar-refractivity contribution in [3.63, 3.8) is 0 Å². The zero-order valence-electron chi connectivity index (χ0n) is 13.6. The zero-order valence-corrected chi connectivity index (χ0v) is 13.6. The van der Waals surface area contributed by atoms with Crippen LogP contribution in [0, 0.1) is 5.92 Å². The van der Waals surface area contributed by atoms with E-state index in [2.05, 4.69) is 17.2 Å². The molecule has 1 aromatic rings. The first kappa shape index (κ1) is 15.8. The molecule has 124 valence electrons. The molecule has 0 radical (unpaired) electrons. The van der Waals surface area contributed by atoms with Crippen LogP contribution in [0.2, 0.25) is 0 Å². The number of nitrogens with zero attached hydrogens (tertiary/aromatic N) is 3. The molecule has 0 aliphatic carbocycles. The third-order valence-electron chi connectivity index (χ3n) is 4.84. The summed E-state index contributed by atoms with van der Waals surface area (Å²) in [5.41, 5.74) is 0.795. The fourth-order valence-electron chi connectivity index (χ4n) is 3.37. The van der Waals surface area contributed by atoms with Gasteiger partial charge in [0.1, 0.15) is 6.04 Å². The van der Waals surface area contributed by atoms with E-state index >= 15 is 0 Å². The van der Waals surface area contributed by atoms with Gasteiger partial charge in [0.15, 0.2) is 0 Å². The number of aromatic nitrogens is 1. The number of carbonyl (C=O) groups is 2. The van der Waals surface area contributed by atoms with Crippen LogP contribution in [-0.2, 0) is 4.79 Å². The molecule has 1 N–H and O–H groups in total. The molecular formula is C17H24N4O2. The molecule has 1 aromatic heterocycles. The van der Waals surface area contributed by atoms with Crippen LogP contribution in [0.4, 0.5) is 10.5 Å². The van der Waals surface area contributed by atoms with E-state index in [1.165, 1.54) is 0 Å². The molecule has 23 heavy (non-hydrogen) atoms. The van der Waals surface area contributed by atoms with Gasteiger partial charge in [0.05, 0.1) is 11.9 Å². The van der Waals surface area contributed by atoms with Gasteiger partial charge in [-0.2, -0.15) is 0 Å². The molecule has 2 saturated heterocycles. The second kappa shape index (κ2) is 6.98. The van der Waals surface area contributed by atoms with Crippen molar-refractivity contribution in [1.82, 2.24) is 15.2 Å². The summed E-state index contributed by atoms with van der Waals surface area (Å²) in [5, 5.41) is 2.93. The molecular weight excluding hydrogens is 292 g/mol. The largest absolute Gasteiger partial charge is 0.326 e. The molecule has 2 aliphatic rings. The van der Waals surface area contributed by atoms with Crippen LogP contribution in [0.15, 0.2) is 24.5 Å². The number of rotatable bonds is 3. The van der Waals surface area contributed by atoms with Gasteiger partial charge in [0.25, 0.3) is 0 Å². The lowest BCUT2D eigenvalue weighted by Gasteiger charge is -2.33. The van der Waals surface area contributed by atoms with Gasteiger partial charge in [-0.3, -0.25) is 9.78 Å². The van der Waals surface area contributed by atoms with Gasteiger partial charge in [-0.25, -0.2) is 4.79 Å². The molecule has 3 amide bonds. The second-order valence-electron chi connectivity index (χ2n) is 6.35.